The van der Waals surface area contributed by atoms with Crippen molar-refractivity contribution in [3.05, 3.63) is 41.2 Å². The summed E-state index contributed by atoms with van der Waals surface area (Å²) in [6.45, 7) is 11.9. The van der Waals surface area contributed by atoms with Crippen molar-refractivity contribution in [3.63, 3.8) is 0 Å². The molecule has 27 heavy (non-hydrogen) atoms. The van der Waals surface area contributed by atoms with Gasteiger partial charge < -0.3 is 14.5 Å². The molecule has 0 spiro atoms. The first-order chi connectivity index (χ1) is 13.2. The zero-order chi connectivity index (χ0) is 18.6. The van der Waals surface area contributed by atoms with Crippen LogP contribution in [0.2, 0.25) is 0 Å². The lowest BCUT2D eigenvalue weighted by atomic mass is 10.0. The summed E-state index contributed by atoms with van der Waals surface area (Å²) in [5, 5.41) is 12.9. The lowest BCUT2D eigenvalue weighted by Gasteiger charge is -2.34. The topological polar surface area (TPSA) is 61.7 Å². The van der Waals surface area contributed by atoms with Gasteiger partial charge in [-0.2, -0.15) is 0 Å². The van der Waals surface area contributed by atoms with Crippen LogP contribution in [0.15, 0.2) is 24.3 Å². The van der Waals surface area contributed by atoms with Gasteiger partial charge in [-0.25, -0.2) is 4.68 Å². The minimum absolute atomic E-state index is 0.181. The van der Waals surface area contributed by atoms with Crippen molar-refractivity contribution in [3.8, 4) is 0 Å². The number of aryl methyl sites for hydroxylation is 1. The number of benzene rings is 1. The van der Waals surface area contributed by atoms with Crippen molar-refractivity contribution in [2.24, 2.45) is 0 Å². The first-order valence-corrected chi connectivity index (χ1v) is 10.4. The van der Waals surface area contributed by atoms with Crippen LogP contribution < -0.4 is 9.80 Å². The van der Waals surface area contributed by atoms with Crippen molar-refractivity contribution < 1.29 is 14.5 Å². The summed E-state index contributed by atoms with van der Waals surface area (Å²) in [6, 6.07) is 9.07. The van der Waals surface area contributed by atoms with Crippen LogP contribution in [-0.4, -0.2) is 65.6 Å². The number of nitrogens with zero attached hydrogens (tertiary/aromatic N) is 4. The standard InChI is InChI=1S/C20H30N6O/c1-3-24-10-12-25(13-11-24)19(17-8-6-16(2)7-9-17)20-21-22-23-26(20)15-18-5-4-14-27-18/h6-9,18-19H,3-5,10-15H2,1-2H3/p+2/t18-,19+/m0/s1. The van der Waals surface area contributed by atoms with Crippen LogP contribution in [0.1, 0.15) is 42.8 Å². The van der Waals surface area contributed by atoms with Crippen LogP contribution in [0.5, 0.6) is 0 Å². The smallest absolute Gasteiger partial charge is 0.214 e. The molecule has 3 heterocycles. The van der Waals surface area contributed by atoms with Crippen molar-refractivity contribution in [1.82, 2.24) is 20.2 Å². The van der Waals surface area contributed by atoms with Gasteiger partial charge in [-0.15, -0.1) is 5.10 Å². The Kier molecular flexibility index (Phi) is 5.80. The van der Waals surface area contributed by atoms with Gasteiger partial charge in [0.1, 0.15) is 26.2 Å². The van der Waals surface area contributed by atoms with Gasteiger partial charge in [0.2, 0.25) is 5.82 Å². The van der Waals surface area contributed by atoms with Crippen molar-refractivity contribution in [1.29, 1.82) is 0 Å². The Hall–Kier alpha value is -1.83. The van der Waals surface area contributed by atoms with Crippen LogP contribution in [0.4, 0.5) is 0 Å². The predicted molar refractivity (Wildman–Crippen MR) is 102 cm³/mol. The molecule has 146 valence electrons. The van der Waals surface area contributed by atoms with Crippen molar-refractivity contribution in [2.45, 2.75) is 45.4 Å². The van der Waals surface area contributed by atoms with E-state index < -0.39 is 0 Å². The number of ether oxygens (including phenoxy) is 1. The van der Waals surface area contributed by atoms with Gasteiger partial charge in [0.15, 0.2) is 6.04 Å². The Bertz CT molecular complexity index is 716. The fourth-order valence-corrected chi connectivity index (χ4v) is 4.42. The molecule has 0 amide bonds. The number of piperazine rings is 1. The molecule has 1 aromatic carbocycles. The number of tetrazole rings is 1. The van der Waals surface area contributed by atoms with Gasteiger partial charge >= 0.3 is 0 Å². The summed E-state index contributed by atoms with van der Waals surface area (Å²) in [5.74, 6) is 0.976. The number of likely N-dealkylation sites (N-methyl/N-ethyl adjacent to an activating group) is 1. The highest BCUT2D eigenvalue weighted by molar-refractivity contribution is 5.26. The maximum atomic E-state index is 5.83. The summed E-state index contributed by atoms with van der Waals surface area (Å²) in [6.07, 6.45) is 2.47. The van der Waals surface area contributed by atoms with E-state index in [1.165, 1.54) is 30.8 Å². The maximum Gasteiger partial charge on any atom is 0.214 e. The molecule has 0 bridgehead atoms. The second-order valence-electron chi connectivity index (χ2n) is 7.96. The average Bonchev–Trinajstić information content (AvgIpc) is 3.37. The SMILES string of the molecule is CC[NH+]1CC[NH+]([C@H](c2ccc(C)cc2)c2nnnn2C[C@@H]2CCCO2)CC1. The summed E-state index contributed by atoms with van der Waals surface area (Å²) in [7, 11) is 0. The van der Waals surface area contributed by atoms with E-state index >= 15 is 0 Å². The number of nitrogens with one attached hydrogen (secondary N) is 2. The number of rotatable bonds is 6. The third kappa shape index (κ3) is 4.20. The summed E-state index contributed by atoms with van der Waals surface area (Å²) in [4.78, 5) is 3.26. The van der Waals surface area contributed by atoms with E-state index in [-0.39, 0.29) is 12.1 Å². The molecule has 7 heteroatoms. The van der Waals surface area contributed by atoms with Gasteiger partial charge in [0.25, 0.3) is 0 Å². The highest BCUT2D eigenvalue weighted by atomic mass is 16.5. The quantitative estimate of drug-likeness (QED) is 0.687. The summed E-state index contributed by atoms with van der Waals surface area (Å²) < 4.78 is 7.82. The molecule has 2 aromatic rings. The molecule has 0 radical (unpaired) electrons. The zero-order valence-corrected chi connectivity index (χ0v) is 16.5. The second-order valence-corrected chi connectivity index (χ2v) is 7.96. The molecule has 2 saturated heterocycles. The normalized spacial score (nSPS) is 27.0. The highest BCUT2D eigenvalue weighted by Gasteiger charge is 2.35. The lowest BCUT2D eigenvalue weighted by Crippen LogP contribution is -3.28. The Morgan fingerprint density at radius 1 is 1.19 bits per heavy atom. The first kappa shape index (κ1) is 18.5. The van der Waals surface area contributed by atoms with E-state index in [1.54, 1.807) is 9.80 Å². The van der Waals surface area contributed by atoms with Crippen LogP contribution in [0.25, 0.3) is 0 Å². The minimum Gasteiger partial charge on any atom is -0.376 e. The van der Waals surface area contributed by atoms with Crippen molar-refractivity contribution in [2.75, 3.05) is 39.3 Å². The van der Waals surface area contributed by atoms with Crippen LogP contribution in [-0.2, 0) is 11.3 Å². The monoisotopic (exact) mass is 372 g/mol. The lowest BCUT2D eigenvalue weighted by molar-refractivity contribution is -1.02. The van der Waals surface area contributed by atoms with Gasteiger partial charge in [0, 0.05) is 12.2 Å². The molecule has 4 rings (SSSR count). The average molecular weight is 373 g/mol. The number of hydrogen-bond acceptors (Lipinski definition) is 4. The molecule has 0 unspecified atom stereocenters. The predicted octanol–water partition coefficient (Wildman–Crippen LogP) is -0.947. The third-order valence-corrected chi connectivity index (χ3v) is 6.14. The van der Waals surface area contributed by atoms with E-state index in [0.717, 1.165) is 44.9 Å². The number of hydrogen-bond donors (Lipinski definition) is 2. The molecule has 2 aliphatic rings. The number of aromatic nitrogens is 4. The van der Waals surface area contributed by atoms with E-state index in [4.69, 9.17) is 4.74 Å². The van der Waals surface area contributed by atoms with Crippen LogP contribution in [0, 0.1) is 6.92 Å². The zero-order valence-electron chi connectivity index (χ0n) is 16.5. The highest BCUT2D eigenvalue weighted by Crippen LogP contribution is 2.20. The molecular formula is C20H32N6O+2. The summed E-state index contributed by atoms with van der Waals surface area (Å²) >= 11 is 0. The Balaban J connectivity index is 1.62. The van der Waals surface area contributed by atoms with E-state index in [0.29, 0.717) is 0 Å². The van der Waals surface area contributed by atoms with Gasteiger partial charge in [-0.3, -0.25) is 0 Å². The van der Waals surface area contributed by atoms with Gasteiger partial charge in [-0.1, -0.05) is 29.8 Å². The fraction of sp³-hybridized carbons (Fsp3) is 0.650. The molecule has 1 aromatic heterocycles. The van der Waals surface area contributed by atoms with Crippen LogP contribution in [0.3, 0.4) is 0 Å². The molecule has 2 fully saturated rings. The number of quaternary nitrogens is 2. The van der Waals surface area contributed by atoms with Gasteiger partial charge in [0.05, 0.1) is 19.2 Å². The van der Waals surface area contributed by atoms with E-state index in [1.807, 2.05) is 4.68 Å². The first-order valence-electron chi connectivity index (χ1n) is 10.4. The molecular weight excluding hydrogens is 340 g/mol. The van der Waals surface area contributed by atoms with Crippen molar-refractivity contribution >= 4 is 0 Å². The molecule has 0 aliphatic carbocycles. The van der Waals surface area contributed by atoms with E-state index in [2.05, 4.69) is 53.6 Å². The molecule has 7 nitrogen and oxygen atoms in total. The molecule has 0 saturated carbocycles. The Morgan fingerprint density at radius 2 is 1.96 bits per heavy atom. The molecule has 2 N–H and O–H groups in total. The Labute approximate surface area is 161 Å². The molecule has 2 atom stereocenters. The fourth-order valence-electron chi connectivity index (χ4n) is 4.42. The third-order valence-electron chi connectivity index (χ3n) is 6.14. The van der Waals surface area contributed by atoms with Gasteiger partial charge in [-0.05, 0) is 37.1 Å². The second kappa shape index (κ2) is 8.46. The largest absolute Gasteiger partial charge is 0.376 e. The molecule has 2 aliphatic heterocycles. The Morgan fingerprint density at radius 3 is 2.63 bits per heavy atom. The minimum atomic E-state index is 0.181. The maximum absolute atomic E-state index is 5.83. The van der Waals surface area contributed by atoms with Crippen LogP contribution >= 0.6 is 0 Å². The summed E-state index contributed by atoms with van der Waals surface area (Å²) in [5.41, 5.74) is 2.59. The van der Waals surface area contributed by atoms with E-state index in [9.17, 15) is 0 Å².